The van der Waals surface area contributed by atoms with Crippen LogP contribution in [0.15, 0.2) is 45.8 Å². The van der Waals surface area contributed by atoms with Crippen LogP contribution in [-0.2, 0) is 11.0 Å². The Kier molecular flexibility index (Phi) is 4.73. The van der Waals surface area contributed by atoms with Gasteiger partial charge in [0.15, 0.2) is 5.58 Å². The van der Waals surface area contributed by atoms with Crippen molar-refractivity contribution in [1.29, 1.82) is 0 Å². The number of amides is 1. The fraction of sp³-hybridized carbons (Fsp3) is 0.211. The predicted octanol–water partition coefficient (Wildman–Crippen LogP) is 4.84. The normalized spacial score (nSPS) is 12.0. The maximum Gasteiger partial charge on any atom is 0.418 e. The molecule has 10 heteroatoms. The first-order chi connectivity index (χ1) is 13.7. The van der Waals surface area contributed by atoms with Crippen LogP contribution in [0.25, 0.3) is 16.6 Å². The largest absolute Gasteiger partial charge is 0.460 e. The number of hydrogen-bond donors (Lipinski definition) is 1. The third-order valence-corrected chi connectivity index (χ3v) is 5.26. The molecule has 0 aliphatic heterocycles. The van der Waals surface area contributed by atoms with Crippen LogP contribution >= 0.6 is 11.8 Å². The topological polar surface area (TPSA) is 72.4 Å². The zero-order valence-corrected chi connectivity index (χ0v) is 16.2. The Balaban J connectivity index is 1.56. The highest BCUT2D eigenvalue weighted by Gasteiger charge is 2.33. The molecule has 0 unspecified atom stereocenters. The van der Waals surface area contributed by atoms with Gasteiger partial charge in [0, 0.05) is 12.1 Å². The van der Waals surface area contributed by atoms with Crippen LogP contribution in [0, 0.1) is 13.8 Å². The van der Waals surface area contributed by atoms with Gasteiger partial charge in [-0.05, 0) is 26.0 Å². The molecule has 1 N–H and O–H groups in total. The molecule has 4 aromatic rings. The Bertz CT molecular complexity index is 1230. The van der Waals surface area contributed by atoms with E-state index in [1.165, 1.54) is 18.2 Å². The molecule has 6 nitrogen and oxygen atoms in total. The Labute approximate surface area is 167 Å². The first kappa shape index (κ1) is 19.3. The van der Waals surface area contributed by atoms with Gasteiger partial charge in [-0.2, -0.15) is 13.2 Å². The minimum Gasteiger partial charge on any atom is -0.460 e. The van der Waals surface area contributed by atoms with Crippen molar-refractivity contribution in [2.45, 2.75) is 25.0 Å². The number of anilines is 1. The van der Waals surface area contributed by atoms with Gasteiger partial charge in [-0.1, -0.05) is 23.9 Å². The number of halogens is 3. The molecule has 0 saturated heterocycles. The molecule has 4 rings (SSSR count). The van der Waals surface area contributed by atoms with Gasteiger partial charge in [0.2, 0.25) is 5.91 Å². The molecule has 0 atom stereocenters. The van der Waals surface area contributed by atoms with Crippen molar-refractivity contribution < 1.29 is 22.4 Å². The van der Waals surface area contributed by atoms with Crippen LogP contribution in [0.4, 0.5) is 18.9 Å². The fourth-order valence-corrected chi connectivity index (χ4v) is 3.83. The fourth-order valence-electron chi connectivity index (χ4n) is 3.10. The van der Waals surface area contributed by atoms with Crippen LogP contribution in [0.1, 0.15) is 17.1 Å². The van der Waals surface area contributed by atoms with Crippen LogP contribution in [0.3, 0.4) is 0 Å². The lowest BCUT2D eigenvalue weighted by Gasteiger charge is -2.13. The summed E-state index contributed by atoms with van der Waals surface area (Å²) in [5.74, 6) is 0.727. The summed E-state index contributed by atoms with van der Waals surface area (Å²) in [6.07, 6.45) is -4.55. The minimum atomic E-state index is -4.55. The van der Waals surface area contributed by atoms with Crippen molar-refractivity contribution in [1.82, 2.24) is 14.6 Å². The van der Waals surface area contributed by atoms with Gasteiger partial charge in [-0.25, -0.2) is 0 Å². The van der Waals surface area contributed by atoms with Gasteiger partial charge in [0.05, 0.1) is 28.0 Å². The van der Waals surface area contributed by atoms with E-state index in [0.717, 1.165) is 34.6 Å². The zero-order chi connectivity index (χ0) is 20.8. The summed E-state index contributed by atoms with van der Waals surface area (Å²) >= 11 is 1.09. The molecular formula is C19H15F3N4O2S. The van der Waals surface area contributed by atoms with Gasteiger partial charge in [0.1, 0.15) is 16.6 Å². The molecule has 0 fully saturated rings. The highest BCUT2D eigenvalue weighted by Crippen LogP contribution is 2.35. The number of fused-ring (bicyclic) bond motifs is 3. The average molecular weight is 420 g/mol. The molecule has 150 valence electrons. The Morgan fingerprint density at radius 1 is 1.17 bits per heavy atom. The van der Waals surface area contributed by atoms with Gasteiger partial charge >= 0.3 is 6.18 Å². The summed E-state index contributed by atoms with van der Waals surface area (Å²) in [5, 5.41) is 11.1. The summed E-state index contributed by atoms with van der Waals surface area (Å²) in [6.45, 7) is 3.64. The number of aromatic nitrogens is 3. The van der Waals surface area contributed by atoms with Crippen molar-refractivity contribution in [3.8, 4) is 0 Å². The van der Waals surface area contributed by atoms with Crippen LogP contribution < -0.4 is 5.32 Å². The Hall–Kier alpha value is -3.01. The second kappa shape index (κ2) is 7.11. The number of nitrogens with one attached hydrogen (secondary N) is 1. The molecule has 0 bridgehead atoms. The molecule has 0 aliphatic rings. The van der Waals surface area contributed by atoms with Crippen LogP contribution in [-0.4, -0.2) is 26.3 Å². The lowest BCUT2D eigenvalue weighted by molar-refractivity contribution is -0.137. The SMILES string of the molecule is Cc1cc2c(cc3c(SCC(=O)Nc4ccccc4C(F)(F)F)nnc(C)n32)o1. The number of rotatable bonds is 4. The Morgan fingerprint density at radius 2 is 1.93 bits per heavy atom. The maximum absolute atomic E-state index is 13.1. The first-order valence-corrected chi connectivity index (χ1v) is 9.56. The van der Waals surface area contributed by atoms with E-state index in [1.807, 2.05) is 23.5 Å². The summed E-state index contributed by atoms with van der Waals surface area (Å²) in [6, 6.07) is 8.55. The van der Waals surface area contributed by atoms with Crippen LogP contribution in [0.2, 0.25) is 0 Å². The maximum atomic E-state index is 13.1. The van der Waals surface area contributed by atoms with Crippen LogP contribution in [0.5, 0.6) is 0 Å². The highest BCUT2D eigenvalue weighted by atomic mass is 32.2. The number of hydrogen-bond acceptors (Lipinski definition) is 5. The van der Waals surface area contributed by atoms with E-state index in [2.05, 4.69) is 15.5 Å². The van der Waals surface area contributed by atoms with Gasteiger partial charge in [-0.15, -0.1) is 10.2 Å². The molecule has 3 aromatic heterocycles. The lowest BCUT2D eigenvalue weighted by atomic mass is 10.1. The summed E-state index contributed by atoms with van der Waals surface area (Å²) in [7, 11) is 0. The van der Waals surface area contributed by atoms with E-state index in [1.54, 1.807) is 6.92 Å². The molecule has 29 heavy (non-hydrogen) atoms. The lowest BCUT2D eigenvalue weighted by Crippen LogP contribution is -2.18. The molecule has 0 saturated carbocycles. The van der Waals surface area contributed by atoms with Crippen molar-refractivity contribution in [3.63, 3.8) is 0 Å². The summed E-state index contributed by atoms with van der Waals surface area (Å²) in [5.41, 5.74) is 1.07. The number of nitrogens with zero attached hydrogens (tertiary/aromatic N) is 3. The molecule has 0 aliphatic carbocycles. The quantitative estimate of drug-likeness (QED) is 0.478. The first-order valence-electron chi connectivity index (χ1n) is 8.58. The molecule has 3 heterocycles. The standard InChI is InChI=1S/C19H15F3N4O2S/c1-10-7-14-16(28-10)8-15-18(25-24-11(2)26(14)15)29-9-17(27)23-13-6-4-3-5-12(13)19(20,21)22/h3-8H,9H2,1-2H3,(H,23,27). The third kappa shape index (κ3) is 3.67. The molecular weight excluding hydrogens is 405 g/mol. The van der Waals surface area contributed by atoms with E-state index in [0.29, 0.717) is 16.4 Å². The van der Waals surface area contributed by atoms with E-state index in [9.17, 15) is 18.0 Å². The minimum absolute atomic E-state index is 0.120. The van der Waals surface area contributed by atoms with Gasteiger partial charge < -0.3 is 9.73 Å². The van der Waals surface area contributed by atoms with E-state index in [4.69, 9.17) is 4.42 Å². The second-order valence-corrected chi connectivity index (χ2v) is 7.37. The number of benzene rings is 1. The monoisotopic (exact) mass is 420 g/mol. The van der Waals surface area contributed by atoms with Crippen molar-refractivity contribution in [3.05, 3.63) is 53.5 Å². The smallest absolute Gasteiger partial charge is 0.418 e. The second-order valence-electron chi connectivity index (χ2n) is 6.40. The Morgan fingerprint density at radius 3 is 2.69 bits per heavy atom. The third-order valence-electron chi connectivity index (χ3n) is 4.29. The zero-order valence-electron chi connectivity index (χ0n) is 15.4. The van der Waals surface area contributed by atoms with Gasteiger partial charge in [-0.3, -0.25) is 9.20 Å². The van der Waals surface area contributed by atoms with E-state index >= 15 is 0 Å². The molecule has 1 amide bonds. The average Bonchev–Trinajstić information content (AvgIpc) is 3.17. The number of para-hydroxylation sites is 1. The van der Waals surface area contributed by atoms with Crippen molar-refractivity contribution in [2.24, 2.45) is 0 Å². The summed E-state index contributed by atoms with van der Waals surface area (Å²) < 4.78 is 46.7. The predicted molar refractivity (Wildman–Crippen MR) is 103 cm³/mol. The molecule has 0 radical (unpaired) electrons. The molecule has 1 aromatic carbocycles. The van der Waals surface area contributed by atoms with Crippen molar-refractivity contribution in [2.75, 3.05) is 11.1 Å². The summed E-state index contributed by atoms with van der Waals surface area (Å²) in [4.78, 5) is 12.3. The molecule has 0 spiro atoms. The number of alkyl halides is 3. The number of thioether (sulfide) groups is 1. The number of aryl methyl sites for hydroxylation is 2. The van der Waals surface area contributed by atoms with Crippen molar-refractivity contribution >= 4 is 40.0 Å². The number of carbonyl (C=O) groups excluding carboxylic acids is 1. The highest BCUT2D eigenvalue weighted by molar-refractivity contribution is 8.00. The van der Waals surface area contributed by atoms with Gasteiger partial charge in [0.25, 0.3) is 0 Å². The number of carbonyl (C=O) groups is 1. The van der Waals surface area contributed by atoms with E-state index < -0.39 is 17.6 Å². The van der Waals surface area contributed by atoms with E-state index in [-0.39, 0.29) is 11.4 Å². The number of furan rings is 1.